The third kappa shape index (κ3) is 3.57. The van der Waals surface area contributed by atoms with Gasteiger partial charge in [0.05, 0.1) is 5.92 Å². The van der Waals surface area contributed by atoms with Gasteiger partial charge in [0.1, 0.15) is 12.1 Å². The zero-order chi connectivity index (χ0) is 16.9. The van der Waals surface area contributed by atoms with E-state index in [1.54, 1.807) is 24.3 Å². The van der Waals surface area contributed by atoms with Gasteiger partial charge < -0.3 is 14.3 Å². The minimum atomic E-state index is -2.14. The molecule has 1 aromatic carbocycles. The van der Waals surface area contributed by atoms with Crippen molar-refractivity contribution in [2.75, 3.05) is 13.2 Å². The van der Waals surface area contributed by atoms with Crippen LogP contribution in [-0.4, -0.2) is 19.5 Å². The Hall–Kier alpha value is -1.85. The number of hydrogen-bond acceptors (Lipinski definition) is 3. The molecule has 124 valence electrons. The Bertz CT molecular complexity index is 606. The van der Waals surface area contributed by atoms with Gasteiger partial charge in [0.2, 0.25) is 0 Å². The Balaban J connectivity index is 2.51. The Labute approximate surface area is 134 Å². The number of carbonyl (C=O) groups excluding carboxylic acids is 1. The second-order valence-corrected chi connectivity index (χ2v) is 5.14. The molecule has 0 saturated heterocycles. The van der Waals surface area contributed by atoms with Crippen molar-refractivity contribution in [2.24, 2.45) is 5.92 Å². The normalized spacial score (nSPS) is 23.9. The molecule has 2 rings (SSSR count). The van der Waals surface area contributed by atoms with Crippen molar-refractivity contribution in [2.45, 2.75) is 25.8 Å². The van der Waals surface area contributed by atoms with E-state index in [2.05, 4.69) is 0 Å². The first-order valence-electron chi connectivity index (χ1n) is 7.60. The fraction of sp³-hybridized carbons (Fsp3) is 0.389. The SMILES string of the molecule is CCOC(OCC)c1ccccc1C1(F)C=CC(F)=CC1C=O. The number of ether oxygens (including phenoxy) is 2. The fourth-order valence-electron chi connectivity index (χ4n) is 2.65. The summed E-state index contributed by atoms with van der Waals surface area (Å²) in [5.74, 6) is -1.86. The molecule has 0 N–H and O–H groups in total. The second kappa shape index (κ2) is 7.62. The van der Waals surface area contributed by atoms with Crippen molar-refractivity contribution in [3.05, 3.63) is 59.4 Å². The molecule has 0 aromatic heterocycles. The third-order valence-electron chi connectivity index (χ3n) is 3.72. The molecule has 0 amide bonds. The minimum Gasteiger partial charge on any atom is -0.349 e. The van der Waals surface area contributed by atoms with Crippen molar-refractivity contribution < 1.29 is 23.0 Å². The highest BCUT2D eigenvalue weighted by Crippen LogP contribution is 2.43. The first kappa shape index (κ1) is 17.5. The second-order valence-electron chi connectivity index (χ2n) is 5.14. The van der Waals surface area contributed by atoms with Gasteiger partial charge in [-0.2, -0.15) is 0 Å². The Morgan fingerprint density at radius 3 is 2.52 bits per heavy atom. The molecule has 5 heteroatoms. The Morgan fingerprint density at radius 1 is 1.26 bits per heavy atom. The lowest BCUT2D eigenvalue weighted by atomic mass is 9.78. The molecule has 0 heterocycles. The molecular weight excluding hydrogens is 302 g/mol. The zero-order valence-electron chi connectivity index (χ0n) is 13.2. The van der Waals surface area contributed by atoms with Gasteiger partial charge in [-0.1, -0.05) is 24.3 Å². The summed E-state index contributed by atoms with van der Waals surface area (Å²) in [4.78, 5) is 11.3. The molecule has 1 aliphatic carbocycles. The lowest BCUT2D eigenvalue weighted by Gasteiger charge is -2.32. The average Bonchev–Trinajstić information content (AvgIpc) is 2.57. The molecule has 23 heavy (non-hydrogen) atoms. The molecule has 0 spiro atoms. The highest BCUT2D eigenvalue weighted by atomic mass is 19.1. The maximum Gasteiger partial charge on any atom is 0.184 e. The number of benzene rings is 1. The molecular formula is C18H20F2O3. The number of hydrogen-bond donors (Lipinski definition) is 0. The van der Waals surface area contributed by atoms with E-state index < -0.39 is 23.7 Å². The van der Waals surface area contributed by atoms with Crippen LogP contribution in [0.5, 0.6) is 0 Å². The molecule has 1 aliphatic rings. The highest BCUT2D eigenvalue weighted by Gasteiger charge is 2.42. The van der Waals surface area contributed by atoms with Crippen LogP contribution in [0, 0.1) is 5.92 Å². The van der Waals surface area contributed by atoms with E-state index in [0.717, 1.165) is 18.2 Å². The van der Waals surface area contributed by atoms with Gasteiger partial charge in [-0.3, -0.25) is 0 Å². The van der Waals surface area contributed by atoms with Crippen LogP contribution in [0.4, 0.5) is 8.78 Å². The van der Waals surface area contributed by atoms with Crippen molar-refractivity contribution in [1.29, 1.82) is 0 Å². The highest BCUT2D eigenvalue weighted by molar-refractivity contribution is 5.64. The van der Waals surface area contributed by atoms with Gasteiger partial charge in [0, 0.05) is 24.3 Å². The van der Waals surface area contributed by atoms with Crippen LogP contribution in [-0.2, 0) is 19.9 Å². The zero-order valence-corrected chi connectivity index (χ0v) is 13.2. The number of rotatable bonds is 7. The molecule has 1 aromatic rings. The van der Waals surface area contributed by atoms with Crippen LogP contribution >= 0.6 is 0 Å². The van der Waals surface area contributed by atoms with Crippen LogP contribution in [0.15, 0.2) is 48.3 Å². The predicted octanol–water partition coefficient (Wildman–Crippen LogP) is 4.16. The van der Waals surface area contributed by atoms with Gasteiger partial charge in [-0.25, -0.2) is 8.78 Å². The standard InChI is InChI=1S/C18H20F2O3/c1-3-22-17(23-4-2)15-7-5-6-8-16(15)18(20)10-9-14(19)11-13(18)12-21/h5-13,17H,3-4H2,1-2H3. The number of allylic oxidation sites excluding steroid dienone is 4. The monoisotopic (exact) mass is 322 g/mol. The molecule has 0 fully saturated rings. The largest absolute Gasteiger partial charge is 0.349 e. The van der Waals surface area contributed by atoms with E-state index in [-0.39, 0.29) is 5.56 Å². The van der Waals surface area contributed by atoms with Crippen molar-refractivity contribution in [1.82, 2.24) is 0 Å². The molecule has 0 radical (unpaired) electrons. The lowest BCUT2D eigenvalue weighted by Crippen LogP contribution is -2.32. The van der Waals surface area contributed by atoms with Crippen LogP contribution in [0.3, 0.4) is 0 Å². The summed E-state index contributed by atoms with van der Waals surface area (Å²) >= 11 is 0. The molecule has 0 aliphatic heterocycles. The fourth-order valence-corrected chi connectivity index (χ4v) is 2.65. The molecule has 2 atom stereocenters. The summed E-state index contributed by atoms with van der Waals surface area (Å²) < 4.78 is 40.1. The predicted molar refractivity (Wildman–Crippen MR) is 83.1 cm³/mol. The van der Waals surface area contributed by atoms with E-state index in [1.165, 1.54) is 0 Å². The molecule has 0 bridgehead atoms. The smallest absolute Gasteiger partial charge is 0.184 e. The number of halogens is 2. The van der Waals surface area contributed by atoms with Gasteiger partial charge in [-0.15, -0.1) is 0 Å². The number of aldehydes is 1. The molecule has 3 nitrogen and oxygen atoms in total. The van der Waals surface area contributed by atoms with Crippen LogP contribution in [0.25, 0.3) is 0 Å². The number of carbonyl (C=O) groups is 1. The van der Waals surface area contributed by atoms with E-state index >= 15 is 4.39 Å². The van der Waals surface area contributed by atoms with Crippen LogP contribution < -0.4 is 0 Å². The van der Waals surface area contributed by atoms with E-state index in [4.69, 9.17) is 9.47 Å². The summed E-state index contributed by atoms with van der Waals surface area (Å²) in [6.45, 7) is 4.40. The first-order valence-corrected chi connectivity index (χ1v) is 7.60. The van der Waals surface area contributed by atoms with E-state index in [9.17, 15) is 9.18 Å². The summed E-state index contributed by atoms with van der Waals surface area (Å²) in [6.07, 6.45) is 2.77. The van der Waals surface area contributed by atoms with Gasteiger partial charge in [-0.05, 0) is 32.1 Å². The van der Waals surface area contributed by atoms with Crippen molar-refractivity contribution >= 4 is 6.29 Å². The number of alkyl halides is 1. The topological polar surface area (TPSA) is 35.5 Å². The van der Waals surface area contributed by atoms with Crippen molar-refractivity contribution in [3.63, 3.8) is 0 Å². The lowest BCUT2D eigenvalue weighted by molar-refractivity contribution is -0.141. The van der Waals surface area contributed by atoms with E-state index in [0.29, 0.717) is 25.1 Å². The van der Waals surface area contributed by atoms with Gasteiger partial charge in [0.25, 0.3) is 0 Å². The Morgan fingerprint density at radius 2 is 1.91 bits per heavy atom. The van der Waals surface area contributed by atoms with Crippen LogP contribution in [0.2, 0.25) is 0 Å². The summed E-state index contributed by atoms with van der Waals surface area (Å²) in [5, 5.41) is 0. The summed E-state index contributed by atoms with van der Waals surface area (Å²) in [5.41, 5.74) is -1.41. The van der Waals surface area contributed by atoms with Gasteiger partial charge in [0.15, 0.2) is 12.0 Å². The Kier molecular flexibility index (Phi) is 5.80. The average molecular weight is 322 g/mol. The molecule has 2 unspecified atom stereocenters. The summed E-state index contributed by atoms with van der Waals surface area (Å²) in [6, 6.07) is 6.67. The van der Waals surface area contributed by atoms with E-state index in [1.807, 2.05) is 13.8 Å². The summed E-state index contributed by atoms with van der Waals surface area (Å²) in [7, 11) is 0. The maximum absolute atomic E-state index is 15.6. The van der Waals surface area contributed by atoms with Crippen molar-refractivity contribution in [3.8, 4) is 0 Å². The van der Waals surface area contributed by atoms with Gasteiger partial charge >= 0.3 is 0 Å². The third-order valence-corrected chi connectivity index (χ3v) is 3.72. The minimum absolute atomic E-state index is 0.240. The van der Waals surface area contributed by atoms with Crippen LogP contribution in [0.1, 0.15) is 31.3 Å². The maximum atomic E-state index is 15.6. The first-order chi connectivity index (χ1) is 11.1. The molecule has 0 saturated carbocycles. The quantitative estimate of drug-likeness (QED) is 0.558.